The average Bonchev–Trinajstić information content (AvgIpc) is 3.19. The predicted octanol–water partition coefficient (Wildman–Crippen LogP) is 3.62. The topological polar surface area (TPSA) is 72.2 Å². The molecule has 3 N–H and O–H groups in total. The second-order valence-corrected chi connectivity index (χ2v) is 9.31. The van der Waals surface area contributed by atoms with Gasteiger partial charge in [-0.1, -0.05) is 51.1 Å². The molecule has 144 valence electrons. The van der Waals surface area contributed by atoms with Crippen molar-refractivity contribution in [1.29, 1.82) is 0 Å². The monoisotopic (exact) mass is 388 g/mol. The van der Waals surface area contributed by atoms with Crippen LogP contribution >= 0.6 is 11.3 Å². The highest BCUT2D eigenvalue weighted by Gasteiger charge is 2.61. The molecule has 1 unspecified atom stereocenters. The van der Waals surface area contributed by atoms with Crippen LogP contribution in [0.5, 0.6) is 0 Å². The normalized spacial score (nSPS) is 22.9. The van der Waals surface area contributed by atoms with Crippen LogP contribution < -0.4 is 11.1 Å². The third-order valence-corrected chi connectivity index (χ3v) is 6.31. The lowest BCUT2D eigenvalue weighted by molar-refractivity contribution is -0.133. The van der Waals surface area contributed by atoms with E-state index in [9.17, 15) is 14.0 Å². The second kappa shape index (κ2) is 7.08. The number of rotatable bonds is 6. The van der Waals surface area contributed by atoms with Crippen LogP contribution in [0.1, 0.15) is 43.6 Å². The maximum atomic E-state index is 13.9. The number of nitrogens with two attached hydrogens (primary N) is 1. The second-order valence-electron chi connectivity index (χ2n) is 8.31. The number of carbonyl (C=O) groups excluding carboxylic acids is 2. The van der Waals surface area contributed by atoms with Gasteiger partial charge in [0.2, 0.25) is 11.8 Å². The predicted molar refractivity (Wildman–Crippen MR) is 105 cm³/mol. The molecule has 27 heavy (non-hydrogen) atoms. The van der Waals surface area contributed by atoms with E-state index in [1.54, 1.807) is 5.38 Å². The zero-order valence-electron chi connectivity index (χ0n) is 15.8. The molecule has 0 bridgehead atoms. The molecule has 4 nitrogen and oxygen atoms in total. The number of hydrogen-bond donors (Lipinski definition) is 2. The number of halogens is 1. The highest BCUT2D eigenvalue weighted by atomic mass is 32.1. The summed E-state index contributed by atoms with van der Waals surface area (Å²) in [6.45, 7) is 5.84. The lowest BCUT2D eigenvalue weighted by Crippen LogP contribution is -2.52. The van der Waals surface area contributed by atoms with Crippen LogP contribution in [-0.2, 0) is 16.0 Å². The van der Waals surface area contributed by atoms with Crippen molar-refractivity contribution in [2.75, 3.05) is 0 Å². The Balaban J connectivity index is 1.82. The molecule has 6 heteroatoms. The van der Waals surface area contributed by atoms with Gasteiger partial charge >= 0.3 is 0 Å². The molecule has 3 rings (SSSR count). The summed E-state index contributed by atoms with van der Waals surface area (Å²) in [6, 6.07) is 11.0. The molecule has 1 fully saturated rings. The van der Waals surface area contributed by atoms with E-state index in [4.69, 9.17) is 5.73 Å². The summed E-state index contributed by atoms with van der Waals surface area (Å²) < 4.78 is 13.9. The summed E-state index contributed by atoms with van der Waals surface area (Å²) in [6.07, 6.45) is 0.784. The fraction of sp³-hybridized carbons (Fsp3) is 0.429. The summed E-state index contributed by atoms with van der Waals surface area (Å²) in [4.78, 5) is 25.9. The van der Waals surface area contributed by atoms with Crippen molar-refractivity contribution in [3.63, 3.8) is 0 Å². The number of hydrogen-bond acceptors (Lipinski definition) is 3. The lowest BCUT2D eigenvalue weighted by Gasteiger charge is -2.31. The summed E-state index contributed by atoms with van der Waals surface area (Å²) in [5, 5.41) is 4.60. The fourth-order valence-electron chi connectivity index (χ4n) is 3.58. The van der Waals surface area contributed by atoms with Crippen molar-refractivity contribution in [1.82, 2.24) is 5.32 Å². The summed E-state index contributed by atoms with van der Waals surface area (Å²) >= 11 is 1.30. The molecule has 1 aromatic carbocycles. The highest BCUT2D eigenvalue weighted by Crippen LogP contribution is 2.51. The molecule has 1 saturated carbocycles. The Morgan fingerprint density at radius 1 is 1.30 bits per heavy atom. The smallest absolute Gasteiger partial charge is 0.243 e. The van der Waals surface area contributed by atoms with Crippen molar-refractivity contribution in [2.24, 2.45) is 17.1 Å². The van der Waals surface area contributed by atoms with Gasteiger partial charge < -0.3 is 11.1 Å². The summed E-state index contributed by atoms with van der Waals surface area (Å²) in [5.41, 5.74) is 5.19. The first kappa shape index (κ1) is 19.5. The molecule has 0 aliphatic heterocycles. The molecule has 1 aliphatic rings. The van der Waals surface area contributed by atoms with Gasteiger partial charge in [0.05, 0.1) is 0 Å². The standard InChI is InChI=1S/C21H25FN2O2S/c1-20(2,3)14(11-17-16(22)9-10-27-17)18(25)24-21(19(23)26)12-15(21)13-7-5-4-6-8-13/h4-10,14-15H,11-12H2,1-3H3,(H2,23,26)(H,24,25)/t14?,15-,21-/m1/s1. The van der Waals surface area contributed by atoms with E-state index in [2.05, 4.69) is 5.32 Å². The van der Waals surface area contributed by atoms with Gasteiger partial charge in [0.1, 0.15) is 11.4 Å². The van der Waals surface area contributed by atoms with Crippen molar-refractivity contribution in [3.05, 3.63) is 58.0 Å². The van der Waals surface area contributed by atoms with E-state index in [-0.39, 0.29) is 17.6 Å². The van der Waals surface area contributed by atoms with Gasteiger partial charge in [0.15, 0.2) is 0 Å². The fourth-order valence-corrected chi connectivity index (χ4v) is 4.37. The quantitative estimate of drug-likeness (QED) is 0.793. The lowest BCUT2D eigenvalue weighted by atomic mass is 9.77. The third-order valence-electron chi connectivity index (χ3n) is 5.39. The molecule has 1 aromatic heterocycles. The maximum absolute atomic E-state index is 13.9. The van der Waals surface area contributed by atoms with Gasteiger partial charge in [-0.25, -0.2) is 4.39 Å². The molecule has 0 saturated heterocycles. The minimum absolute atomic E-state index is 0.126. The minimum atomic E-state index is -1.06. The van der Waals surface area contributed by atoms with Crippen LogP contribution in [0.2, 0.25) is 0 Å². The average molecular weight is 389 g/mol. The first-order valence-corrected chi connectivity index (χ1v) is 9.92. The van der Waals surface area contributed by atoms with Gasteiger partial charge in [0.25, 0.3) is 0 Å². The molecule has 0 radical (unpaired) electrons. The largest absolute Gasteiger partial charge is 0.368 e. The van der Waals surface area contributed by atoms with E-state index in [0.717, 1.165) is 5.56 Å². The van der Waals surface area contributed by atoms with E-state index in [1.807, 2.05) is 51.1 Å². The van der Waals surface area contributed by atoms with E-state index < -0.39 is 22.8 Å². The Bertz CT molecular complexity index is 843. The number of amides is 2. The minimum Gasteiger partial charge on any atom is -0.368 e. The van der Waals surface area contributed by atoms with Crippen molar-refractivity contribution < 1.29 is 14.0 Å². The van der Waals surface area contributed by atoms with Crippen LogP contribution in [0.4, 0.5) is 4.39 Å². The van der Waals surface area contributed by atoms with Crippen LogP contribution in [0.15, 0.2) is 41.8 Å². The molecule has 1 heterocycles. The SMILES string of the molecule is CC(C)(C)C(Cc1sccc1F)C(=O)N[C@]1(C(N)=O)C[C@@H]1c1ccccc1. The Hall–Kier alpha value is -2.21. The molecule has 2 aromatic rings. The highest BCUT2D eigenvalue weighted by molar-refractivity contribution is 7.09. The van der Waals surface area contributed by atoms with Crippen LogP contribution in [0, 0.1) is 17.2 Å². The Morgan fingerprint density at radius 2 is 1.96 bits per heavy atom. The van der Waals surface area contributed by atoms with Crippen LogP contribution in [0.3, 0.4) is 0 Å². The molecular weight excluding hydrogens is 363 g/mol. The number of benzene rings is 1. The molecular formula is C21H25FN2O2S. The number of thiophene rings is 1. The van der Waals surface area contributed by atoms with Crippen LogP contribution in [-0.4, -0.2) is 17.4 Å². The first-order chi connectivity index (χ1) is 12.6. The van der Waals surface area contributed by atoms with Gasteiger partial charge in [-0.05, 0) is 35.3 Å². The van der Waals surface area contributed by atoms with E-state index in [1.165, 1.54) is 17.4 Å². The van der Waals surface area contributed by atoms with Crippen molar-refractivity contribution in [3.8, 4) is 0 Å². The molecule has 1 aliphatic carbocycles. The molecule has 3 atom stereocenters. The van der Waals surface area contributed by atoms with E-state index in [0.29, 0.717) is 17.7 Å². The zero-order valence-corrected chi connectivity index (χ0v) is 16.6. The third kappa shape index (κ3) is 3.90. The summed E-state index contributed by atoms with van der Waals surface area (Å²) in [7, 11) is 0. The first-order valence-electron chi connectivity index (χ1n) is 9.04. The maximum Gasteiger partial charge on any atom is 0.243 e. The van der Waals surface area contributed by atoms with E-state index >= 15 is 0 Å². The summed E-state index contributed by atoms with van der Waals surface area (Å²) in [5.74, 6) is -1.68. The molecule has 0 spiro atoms. The van der Waals surface area contributed by atoms with Crippen molar-refractivity contribution in [2.45, 2.75) is 45.1 Å². The zero-order chi connectivity index (χ0) is 19.8. The number of nitrogens with one attached hydrogen (secondary N) is 1. The Kier molecular flexibility index (Phi) is 5.12. The van der Waals surface area contributed by atoms with Gasteiger partial charge in [-0.2, -0.15) is 0 Å². The number of primary amides is 1. The van der Waals surface area contributed by atoms with Gasteiger partial charge in [-0.15, -0.1) is 11.3 Å². The van der Waals surface area contributed by atoms with Gasteiger partial charge in [0, 0.05) is 16.7 Å². The van der Waals surface area contributed by atoms with Crippen molar-refractivity contribution >= 4 is 23.2 Å². The Morgan fingerprint density at radius 3 is 2.48 bits per heavy atom. The molecule has 2 amide bonds. The Labute approximate surface area is 163 Å². The number of carbonyl (C=O) groups is 2. The van der Waals surface area contributed by atoms with Gasteiger partial charge in [-0.3, -0.25) is 9.59 Å². The van der Waals surface area contributed by atoms with Crippen LogP contribution in [0.25, 0.3) is 0 Å².